The molecule has 0 amide bonds. The van der Waals surface area contributed by atoms with Crippen LogP contribution in [0.15, 0.2) is 0 Å². The molecular formula is C18H40BO2P. The SMILES string of the molecule is CCCCCCCCCCCCCCCCCPCB(O)O. The molecule has 22 heavy (non-hydrogen) atoms. The van der Waals surface area contributed by atoms with Crippen molar-refractivity contribution >= 4 is 15.7 Å². The van der Waals surface area contributed by atoms with Crippen molar-refractivity contribution in [2.45, 2.75) is 103 Å². The van der Waals surface area contributed by atoms with Crippen LogP contribution < -0.4 is 0 Å². The summed E-state index contributed by atoms with van der Waals surface area (Å²) < 4.78 is 0. The predicted molar refractivity (Wildman–Crippen MR) is 103 cm³/mol. The highest BCUT2D eigenvalue weighted by Crippen LogP contribution is 2.16. The summed E-state index contributed by atoms with van der Waals surface area (Å²) in [6, 6.07) is 0.568. The molecule has 0 bridgehead atoms. The van der Waals surface area contributed by atoms with Crippen LogP contribution >= 0.6 is 8.58 Å². The number of hydrogen-bond acceptors (Lipinski definition) is 2. The fourth-order valence-corrected chi connectivity index (χ4v) is 3.81. The second-order valence-electron chi connectivity index (χ2n) is 6.63. The Kier molecular flexibility index (Phi) is 19.8. The monoisotopic (exact) mass is 330 g/mol. The van der Waals surface area contributed by atoms with E-state index in [0.717, 1.165) is 8.58 Å². The number of unbranched alkanes of at least 4 members (excludes halogenated alkanes) is 14. The molecule has 132 valence electrons. The Labute approximate surface area is 141 Å². The summed E-state index contributed by atoms with van der Waals surface area (Å²) in [5.74, 6) is 0. The molecule has 0 aromatic carbocycles. The van der Waals surface area contributed by atoms with E-state index >= 15 is 0 Å². The molecule has 4 heteroatoms. The van der Waals surface area contributed by atoms with Crippen LogP contribution in [0.25, 0.3) is 0 Å². The minimum Gasteiger partial charge on any atom is -0.427 e. The van der Waals surface area contributed by atoms with Gasteiger partial charge in [0.05, 0.1) is 0 Å². The Bertz CT molecular complexity index is 204. The van der Waals surface area contributed by atoms with Gasteiger partial charge >= 0.3 is 7.12 Å². The van der Waals surface area contributed by atoms with Crippen LogP contribution in [-0.4, -0.2) is 29.4 Å². The zero-order chi connectivity index (χ0) is 16.3. The minimum atomic E-state index is -1.09. The van der Waals surface area contributed by atoms with E-state index in [0.29, 0.717) is 6.06 Å². The topological polar surface area (TPSA) is 40.5 Å². The lowest BCUT2D eigenvalue weighted by Crippen LogP contribution is -2.13. The summed E-state index contributed by atoms with van der Waals surface area (Å²) in [4.78, 5) is 0. The first-order valence-electron chi connectivity index (χ1n) is 9.84. The lowest BCUT2D eigenvalue weighted by Gasteiger charge is -2.03. The lowest BCUT2D eigenvalue weighted by molar-refractivity contribution is 0.415. The fraction of sp³-hybridized carbons (Fsp3) is 1.00. The molecular weight excluding hydrogens is 290 g/mol. The Morgan fingerprint density at radius 3 is 1.32 bits per heavy atom. The van der Waals surface area contributed by atoms with Gasteiger partial charge in [-0.1, -0.05) is 96.8 Å². The summed E-state index contributed by atoms with van der Waals surface area (Å²) in [6.45, 7) is 2.28. The van der Waals surface area contributed by atoms with E-state index in [1.165, 1.54) is 102 Å². The number of hydrogen-bond donors (Lipinski definition) is 2. The van der Waals surface area contributed by atoms with Gasteiger partial charge in [-0.3, -0.25) is 0 Å². The fourth-order valence-electron chi connectivity index (χ4n) is 2.85. The van der Waals surface area contributed by atoms with Gasteiger partial charge in [0, 0.05) is 0 Å². The molecule has 1 atom stereocenters. The average molecular weight is 330 g/mol. The summed E-state index contributed by atoms with van der Waals surface area (Å²) in [5, 5.41) is 17.5. The second-order valence-corrected chi connectivity index (χ2v) is 8.04. The van der Waals surface area contributed by atoms with Gasteiger partial charge < -0.3 is 10.0 Å². The smallest absolute Gasteiger partial charge is 0.427 e. The molecule has 0 saturated carbocycles. The van der Waals surface area contributed by atoms with Crippen LogP contribution in [0, 0.1) is 0 Å². The van der Waals surface area contributed by atoms with E-state index in [4.69, 9.17) is 10.0 Å². The highest BCUT2D eigenvalue weighted by atomic mass is 31.1. The van der Waals surface area contributed by atoms with Crippen LogP contribution in [0.2, 0.25) is 0 Å². The standard InChI is InChI=1S/C18H40BO2P/c1-2-3-4-5-6-7-8-9-10-11-12-13-14-15-16-17-22-18-19(20)21/h20-22H,2-18H2,1H3. The zero-order valence-electron chi connectivity index (χ0n) is 15.0. The van der Waals surface area contributed by atoms with E-state index in [9.17, 15) is 0 Å². The molecule has 0 aliphatic rings. The molecule has 2 N–H and O–H groups in total. The van der Waals surface area contributed by atoms with Crippen LogP contribution in [0.1, 0.15) is 103 Å². The van der Waals surface area contributed by atoms with Gasteiger partial charge in [-0.25, -0.2) is 0 Å². The number of rotatable bonds is 18. The van der Waals surface area contributed by atoms with Gasteiger partial charge in [0.25, 0.3) is 0 Å². The van der Waals surface area contributed by atoms with Crippen molar-refractivity contribution in [2.24, 2.45) is 0 Å². The Hall–Kier alpha value is 0.415. The summed E-state index contributed by atoms with van der Waals surface area (Å²) in [7, 11) is -0.365. The van der Waals surface area contributed by atoms with E-state index in [1.54, 1.807) is 0 Å². The van der Waals surface area contributed by atoms with Crippen LogP contribution in [0.3, 0.4) is 0 Å². The van der Waals surface area contributed by atoms with E-state index < -0.39 is 7.12 Å². The predicted octanol–water partition coefficient (Wildman–Crippen LogP) is 5.55. The molecule has 0 rings (SSSR count). The van der Waals surface area contributed by atoms with Crippen molar-refractivity contribution in [3.05, 3.63) is 0 Å². The first-order valence-corrected chi connectivity index (χ1v) is 11.3. The Balaban J connectivity index is 2.94. The van der Waals surface area contributed by atoms with Crippen LogP contribution in [0.4, 0.5) is 0 Å². The molecule has 0 heterocycles. The maximum absolute atomic E-state index is 8.74. The Morgan fingerprint density at radius 2 is 0.955 bits per heavy atom. The van der Waals surface area contributed by atoms with Gasteiger partial charge in [0.1, 0.15) is 0 Å². The van der Waals surface area contributed by atoms with Crippen LogP contribution in [-0.2, 0) is 0 Å². The largest absolute Gasteiger partial charge is 0.455 e. The van der Waals surface area contributed by atoms with Gasteiger partial charge in [0.15, 0.2) is 0 Å². The first kappa shape index (κ1) is 22.4. The van der Waals surface area contributed by atoms with E-state index in [2.05, 4.69) is 6.92 Å². The third-order valence-corrected chi connectivity index (χ3v) is 5.64. The molecule has 0 radical (unpaired) electrons. The average Bonchev–Trinajstić information content (AvgIpc) is 2.50. The lowest BCUT2D eigenvalue weighted by atomic mass is 9.98. The van der Waals surface area contributed by atoms with Crippen molar-refractivity contribution in [2.75, 3.05) is 12.2 Å². The zero-order valence-corrected chi connectivity index (χ0v) is 16.0. The molecule has 0 aliphatic carbocycles. The van der Waals surface area contributed by atoms with Gasteiger partial charge in [0.2, 0.25) is 0 Å². The third kappa shape index (κ3) is 20.4. The van der Waals surface area contributed by atoms with Gasteiger partial charge in [-0.2, -0.15) is 0 Å². The van der Waals surface area contributed by atoms with E-state index in [-0.39, 0.29) is 0 Å². The van der Waals surface area contributed by atoms with Crippen LogP contribution in [0.5, 0.6) is 0 Å². The normalized spacial score (nSPS) is 11.6. The molecule has 2 nitrogen and oxygen atoms in total. The second kappa shape index (κ2) is 19.5. The summed E-state index contributed by atoms with van der Waals surface area (Å²) in [5.41, 5.74) is 0. The first-order chi connectivity index (χ1) is 10.8. The van der Waals surface area contributed by atoms with Crippen molar-refractivity contribution in [1.29, 1.82) is 0 Å². The summed E-state index contributed by atoms with van der Waals surface area (Å²) >= 11 is 0. The minimum absolute atomic E-state index is 0.568. The molecule has 0 aromatic rings. The van der Waals surface area contributed by atoms with Gasteiger partial charge in [-0.05, 0) is 18.6 Å². The van der Waals surface area contributed by atoms with Gasteiger partial charge in [-0.15, -0.1) is 8.58 Å². The maximum atomic E-state index is 8.74. The maximum Gasteiger partial charge on any atom is 0.455 e. The highest BCUT2D eigenvalue weighted by Gasteiger charge is 2.04. The molecule has 0 aromatic heterocycles. The molecule has 0 spiro atoms. The van der Waals surface area contributed by atoms with E-state index in [1.807, 2.05) is 0 Å². The van der Waals surface area contributed by atoms with Crippen molar-refractivity contribution in [3.63, 3.8) is 0 Å². The quantitative estimate of drug-likeness (QED) is 0.196. The van der Waals surface area contributed by atoms with Crippen molar-refractivity contribution in [3.8, 4) is 0 Å². The van der Waals surface area contributed by atoms with Crippen molar-refractivity contribution in [1.82, 2.24) is 0 Å². The third-order valence-electron chi connectivity index (χ3n) is 4.28. The Morgan fingerprint density at radius 1 is 0.591 bits per heavy atom. The van der Waals surface area contributed by atoms with Crippen molar-refractivity contribution < 1.29 is 10.0 Å². The molecule has 0 saturated heterocycles. The molecule has 0 fully saturated rings. The molecule has 1 unspecified atom stereocenters. The highest BCUT2D eigenvalue weighted by molar-refractivity contribution is 7.40. The molecule has 0 aliphatic heterocycles. The summed E-state index contributed by atoms with van der Waals surface area (Å²) in [6.07, 6.45) is 22.3.